The summed E-state index contributed by atoms with van der Waals surface area (Å²) in [6.45, 7) is 0. The van der Waals surface area contributed by atoms with Crippen LogP contribution in [0.4, 0.5) is 5.95 Å². The lowest BCUT2D eigenvalue weighted by Crippen LogP contribution is -2.15. The number of carbonyl (C=O) groups is 1. The zero-order valence-corrected chi connectivity index (χ0v) is 12.4. The van der Waals surface area contributed by atoms with E-state index in [0.717, 1.165) is 16.6 Å². The van der Waals surface area contributed by atoms with Gasteiger partial charge < -0.3 is 4.98 Å². The first-order valence-electron chi connectivity index (χ1n) is 6.30. The second-order valence-electron chi connectivity index (χ2n) is 4.56. The van der Waals surface area contributed by atoms with Crippen LogP contribution in [0.1, 0.15) is 5.56 Å². The number of benzene rings is 2. The van der Waals surface area contributed by atoms with Crippen molar-refractivity contribution in [3.8, 4) is 0 Å². The molecule has 106 valence electrons. The largest absolute Gasteiger partial charge is 0.324 e. The number of H-pyrrole nitrogens is 1. The number of hydrogen-bond acceptors (Lipinski definition) is 2. The number of aromatic nitrogens is 2. The standard InChI is InChI=1S/C15H11Cl2N3O/c16-10-6-5-9(11(17)8-10)7-14(21)20-15-18-12-3-1-2-4-13(12)19-15/h1-6,8H,7H2,(H2,18,19,20,21). The highest BCUT2D eigenvalue weighted by molar-refractivity contribution is 6.35. The van der Waals surface area contributed by atoms with Gasteiger partial charge >= 0.3 is 0 Å². The van der Waals surface area contributed by atoms with Crippen LogP contribution in [0.2, 0.25) is 10.0 Å². The van der Waals surface area contributed by atoms with Gasteiger partial charge in [-0.05, 0) is 29.8 Å². The monoisotopic (exact) mass is 319 g/mol. The van der Waals surface area contributed by atoms with Crippen LogP contribution in [-0.2, 0) is 11.2 Å². The predicted octanol–water partition coefficient (Wildman–Crippen LogP) is 4.05. The predicted molar refractivity (Wildman–Crippen MR) is 84.9 cm³/mol. The summed E-state index contributed by atoms with van der Waals surface area (Å²) in [5, 5.41) is 3.74. The van der Waals surface area contributed by atoms with Crippen LogP contribution in [0, 0.1) is 0 Å². The molecule has 2 aromatic carbocycles. The third-order valence-corrected chi connectivity index (χ3v) is 3.60. The Kier molecular flexibility index (Phi) is 3.82. The van der Waals surface area contributed by atoms with E-state index in [0.29, 0.717) is 16.0 Å². The van der Waals surface area contributed by atoms with Crippen LogP contribution >= 0.6 is 23.2 Å². The molecule has 0 saturated carbocycles. The number of amides is 1. The first-order valence-corrected chi connectivity index (χ1v) is 7.06. The molecule has 1 heterocycles. The van der Waals surface area contributed by atoms with Crippen LogP contribution < -0.4 is 5.32 Å². The molecule has 1 aromatic heterocycles. The molecule has 0 aliphatic heterocycles. The van der Waals surface area contributed by atoms with Crippen molar-refractivity contribution in [2.75, 3.05) is 5.32 Å². The van der Waals surface area contributed by atoms with Crippen molar-refractivity contribution in [2.45, 2.75) is 6.42 Å². The fourth-order valence-electron chi connectivity index (χ4n) is 2.03. The van der Waals surface area contributed by atoms with E-state index in [9.17, 15) is 4.79 Å². The maximum atomic E-state index is 12.0. The lowest BCUT2D eigenvalue weighted by Gasteiger charge is -2.04. The second-order valence-corrected chi connectivity index (χ2v) is 5.41. The molecule has 1 amide bonds. The van der Waals surface area contributed by atoms with Gasteiger partial charge in [0, 0.05) is 10.0 Å². The number of anilines is 1. The average molecular weight is 320 g/mol. The Morgan fingerprint density at radius 2 is 2.00 bits per heavy atom. The van der Waals surface area contributed by atoms with E-state index in [2.05, 4.69) is 15.3 Å². The van der Waals surface area contributed by atoms with Crippen LogP contribution in [0.3, 0.4) is 0 Å². The smallest absolute Gasteiger partial charge is 0.231 e. The van der Waals surface area contributed by atoms with Crippen LogP contribution in [-0.4, -0.2) is 15.9 Å². The Bertz CT molecular complexity index is 781. The van der Waals surface area contributed by atoms with Gasteiger partial charge in [-0.25, -0.2) is 4.98 Å². The van der Waals surface area contributed by atoms with Gasteiger partial charge in [-0.15, -0.1) is 0 Å². The fraction of sp³-hybridized carbons (Fsp3) is 0.0667. The maximum Gasteiger partial charge on any atom is 0.231 e. The number of carbonyl (C=O) groups excluding carboxylic acids is 1. The number of nitrogens with zero attached hydrogens (tertiary/aromatic N) is 1. The normalized spacial score (nSPS) is 10.8. The van der Waals surface area contributed by atoms with Crippen molar-refractivity contribution >= 4 is 46.1 Å². The molecule has 0 unspecified atom stereocenters. The molecule has 0 radical (unpaired) electrons. The molecule has 0 aliphatic carbocycles. The molecule has 0 fully saturated rings. The molecule has 0 atom stereocenters. The number of halogens is 2. The molecule has 0 aliphatic rings. The summed E-state index contributed by atoms with van der Waals surface area (Å²) in [6, 6.07) is 12.6. The highest BCUT2D eigenvalue weighted by Gasteiger charge is 2.10. The number of rotatable bonds is 3. The number of imidazole rings is 1. The van der Waals surface area contributed by atoms with Gasteiger partial charge in [0.15, 0.2) is 0 Å². The van der Waals surface area contributed by atoms with Gasteiger partial charge in [-0.2, -0.15) is 0 Å². The van der Waals surface area contributed by atoms with Gasteiger partial charge in [0.25, 0.3) is 0 Å². The van der Waals surface area contributed by atoms with Gasteiger partial charge in [0.05, 0.1) is 17.5 Å². The summed E-state index contributed by atoms with van der Waals surface area (Å²) in [6.07, 6.45) is 0.160. The third-order valence-electron chi connectivity index (χ3n) is 3.01. The van der Waals surface area contributed by atoms with E-state index in [1.54, 1.807) is 18.2 Å². The van der Waals surface area contributed by atoms with E-state index in [1.165, 1.54) is 0 Å². The fourth-order valence-corrected chi connectivity index (χ4v) is 2.50. The lowest BCUT2D eigenvalue weighted by molar-refractivity contribution is -0.115. The van der Waals surface area contributed by atoms with Gasteiger partial charge in [0.2, 0.25) is 11.9 Å². The highest BCUT2D eigenvalue weighted by Crippen LogP contribution is 2.21. The first kappa shape index (κ1) is 13.9. The number of hydrogen-bond donors (Lipinski definition) is 2. The van der Waals surface area contributed by atoms with Crippen molar-refractivity contribution in [2.24, 2.45) is 0 Å². The molecule has 6 heteroatoms. The molecule has 3 rings (SSSR count). The minimum atomic E-state index is -0.196. The van der Waals surface area contributed by atoms with E-state index in [1.807, 2.05) is 24.3 Å². The minimum Gasteiger partial charge on any atom is -0.324 e. The van der Waals surface area contributed by atoms with Gasteiger partial charge in [-0.1, -0.05) is 41.4 Å². The maximum absolute atomic E-state index is 12.0. The Hall–Kier alpha value is -2.04. The van der Waals surface area contributed by atoms with Crippen LogP contribution in [0.15, 0.2) is 42.5 Å². The SMILES string of the molecule is O=C(Cc1ccc(Cl)cc1Cl)Nc1nc2ccccc2[nH]1. The summed E-state index contributed by atoms with van der Waals surface area (Å²) in [5.41, 5.74) is 2.39. The molecule has 21 heavy (non-hydrogen) atoms. The number of nitrogens with one attached hydrogen (secondary N) is 2. The summed E-state index contributed by atoms with van der Waals surface area (Å²) < 4.78 is 0. The number of para-hydroxylation sites is 2. The Labute approximate surface area is 131 Å². The van der Waals surface area contributed by atoms with Gasteiger partial charge in [-0.3, -0.25) is 10.1 Å². The molecular weight excluding hydrogens is 309 g/mol. The Morgan fingerprint density at radius 1 is 1.19 bits per heavy atom. The summed E-state index contributed by atoms with van der Waals surface area (Å²) in [7, 11) is 0. The van der Waals surface area contributed by atoms with E-state index in [-0.39, 0.29) is 12.3 Å². The Balaban J connectivity index is 1.74. The van der Waals surface area contributed by atoms with Crippen molar-refractivity contribution in [1.29, 1.82) is 0 Å². The quantitative estimate of drug-likeness (QED) is 0.765. The average Bonchev–Trinajstić information content (AvgIpc) is 2.84. The topological polar surface area (TPSA) is 57.8 Å². The van der Waals surface area contributed by atoms with E-state index in [4.69, 9.17) is 23.2 Å². The van der Waals surface area contributed by atoms with Crippen molar-refractivity contribution in [1.82, 2.24) is 9.97 Å². The second kappa shape index (κ2) is 5.76. The molecule has 0 bridgehead atoms. The molecule has 3 aromatic rings. The van der Waals surface area contributed by atoms with E-state index < -0.39 is 0 Å². The van der Waals surface area contributed by atoms with E-state index >= 15 is 0 Å². The van der Waals surface area contributed by atoms with Crippen LogP contribution in [0.5, 0.6) is 0 Å². The molecule has 0 spiro atoms. The van der Waals surface area contributed by atoms with Gasteiger partial charge in [0.1, 0.15) is 0 Å². The summed E-state index contributed by atoms with van der Waals surface area (Å²) in [5.74, 6) is 0.226. The number of aromatic amines is 1. The molecule has 2 N–H and O–H groups in total. The van der Waals surface area contributed by atoms with Crippen LogP contribution in [0.25, 0.3) is 11.0 Å². The van der Waals surface area contributed by atoms with Crippen molar-refractivity contribution in [3.05, 3.63) is 58.1 Å². The molecular formula is C15H11Cl2N3O. The zero-order chi connectivity index (χ0) is 14.8. The number of fused-ring (bicyclic) bond motifs is 1. The van der Waals surface area contributed by atoms with Crippen molar-refractivity contribution < 1.29 is 4.79 Å². The minimum absolute atomic E-state index is 0.160. The zero-order valence-electron chi connectivity index (χ0n) is 10.9. The lowest BCUT2D eigenvalue weighted by atomic mass is 10.1. The highest BCUT2D eigenvalue weighted by atomic mass is 35.5. The third kappa shape index (κ3) is 3.17. The molecule has 4 nitrogen and oxygen atoms in total. The summed E-state index contributed by atoms with van der Waals surface area (Å²) >= 11 is 11.9. The summed E-state index contributed by atoms with van der Waals surface area (Å²) in [4.78, 5) is 19.4. The van der Waals surface area contributed by atoms with Crippen molar-refractivity contribution in [3.63, 3.8) is 0 Å². The first-order chi connectivity index (χ1) is 10.1. The molecule has 0 saturated heterocycles. The Morgan fingerprint density at radius 3 is 2.76 bits per heavy atom.